The normalized spacial score (nSPS) is 25.1. The Morgan fingerprint density at radius 2 is 1.45 bits per heavy atom. The van der Waals surface area contributed by atoms with Gasteiger partial charge in [0.15, 0.2) is 0 Å². The molecule has 0 aliphatic carbocycles. The lowest BCUT2D eigenvalue weighted by atomic mass is 9.73. The van der Waals surface area contributed by atoms with Gasteiger partial charge in [-0.2, -0.15) is 0 Å². The minimum atomic E-state index is -1.14. The molecule has 6 heteroatoms. The van der Waals surface area contributed by atoms with E-state index in [4.69, 9.17) is 9.31 Å². The fourth-order valence-electron chi connectivity index (χ4n) is 1.84. The molecule has 0 aromatic carbocycles. The molecular weight excluding hydrogens is 273 g/mol. The minimum absolute atomic E-state index is 0.101. The van der Waals surface area contributed by atoms with Crippen LogP contribution >= 0.6 is 0 Å². The van der Waals surface area contributed by atoms with Gasteiger partial charge in [0.1, 0.15) is 4.75 Å². The maximum atomic E-state index is 12.3. The largest absolute Gasteiger partial charge is 0.598 e. The monoisotopic (exact) mass is 303 g/mol. The lowest BCUT2D eigenvalue weighted by molar-refractivity contribution is 0.00578. The van der Waals surface area contributed by atoms with Crippen LogP contribution in [-0.4, -0.2) is 33.6 Å². The number of rotatable bonds is 4. The first-order valence-electron chi connectivity index (χ1n) is 7.31. The van der Waals surface area contributed by atoms with Gasteiger partial charge in [0.2, 0.25) is 0 Å². The highest BCUT2D eigenvalue weighted by molar-refractivity contribution is 7.90. The highest BCUT2D eigenvalue weighted by Crippen LogP contribution is 2.38. The van der Waals surface area contributed by atoms with E-state index in [0.717, 1.165) is 0 Å². The van der Waals surface area contributed by atoms with E-state index in [1.807, 2.05) is 48.5 Å². The summed E-state index contributed by atoms with van der Waals surface area (Å²) < 4.78 is 27.4. The van der Waals surface area contributed by atoms with Crippen molar-refractivity contribution in [1.82, 2.24) is 4.72 Å². The van der Waals surface area contributed by atoms with Crippen molar-refractivity contribution in [2.75, 3.05) is 0 Å². The van der Waals surface area contributed by atoms with Crippen LogP contribution in [0.1, 0.15) is 62.3 Å². The molecule has 2 atom stereocenters. The van der Waals surface area contributed by atoms with Crippen LogP contribution in [0, 0.1) is 5.92 Å². The van der Waals surface area contributed by atoms with E-state index in [-0.39, 0.29) is 34.9 Å². The Morgan fingerprint density at radius 1 is 1.05 bits per heavy atom. The lowest BCUT2D eigenvalue weighted by Crippen LogP contribution is -2.54. The predicted molar refractivity (Wildman–Crippen MR) is 85.7 cm³/mol. The van der Waals surface area contributed by atoms with Gasteiger partial charge < -0.3 is 13.9 Å². The first kappa shape index (κ1) is 18.3. The molecule has 20 heavy (non-hydrogen) atoms. The molecule has 0 saturated carbocycles. The van der Waals surface area contributed by atoms with Gasteiger partial charge in [0, 0.05) is 11.4 Å². The highest BCUT2D eigenvalue weighted by atomic mass is 32.2. The first-order chi connectivity index (χ1) is 8.78. The van der Waals surface area contributed by atoms with Gasteiger partial charge in [-0.15, -0.1) is 4.72 Å². The Hall–Kier alpha value is 0.255. The number of nitrogens with one attached hydrogen (secondary N) is 1. The number of hydrogen-bond donors (Lipinski definition) is 1. The molecule has 1 fully saturated rings. The minimum Gasteiger partial charge on any atom is -0.598 e. The van der Waals surface area contributed by atoms with Gasteiger partial charge in [-0.3, -0.25) is 0 Å². The molecule has 0 aromatic rings. The first-order valence-corrected chi connectivity index (χ1v) is 8.46. The molecule has 1 aliphatic heterocycles. The molecule has 118 valence electrons. The van der Waals surface area contributed by atoms with Gasteiger partial charge in [0.05, 0.1) is 17.1 Å². The van der Waals surface area contributed by atoms with Crippen LogP contribution < -0.4 is 4.72 Å². The molecule has 0 radical (unpaired) electrons. The van der Waals surface area contributed by atoms with Crippen LogP contribution in [0.4, 0.5) is 0 Å². The third-order valence-corrected chi connectivity index (χ3v) is 5.68. The standard InChI is InChI=1S/C14H30BNO3S/c1-10(2)11(16-20(17)12(3,4)5)15-18-13(6,7)14(8,9)19-15/h10-11,16H,1-9H3/t11?,20-/m1/s1. The second kappa shape index (κ2) is 5.80. The average molecular weight is 303 g/mol. The lowest BCUT2D eigenvalue weighted by Gasteiger charge is -2.32. The van der Waals surface area contributed by atoms with Crippen LogP contribution in [0.15, 0.2) is 0 Å². The summed E-state index contributed by atoms with van der Waals surface area (Å²) in [6, 6.07) is 0. The zero-order chi connectivity index (χ0) is 15.9. The average Bonchev–Trinajstić information content (AvgIpc) is 2.41. The second-order valence-electron chi connectivity index (χ2n) is 7.89. The van der Waals surface area contributed by atoms with Crippen LogP contribution in [0.2, 0.25) is 0 Å². The van der Waals surface area contributed by atoms with E-state index in [0.29, 0.717) is 0 Å². The van der Waals surface area contributed by atoms with Gasteiger partial charge in [0.25, 0.3) is 0 Å². The van der Waals surface area contributed by atoms with Crippen molar-refractivity contribution in [2.45, 2.75) is 84.2 Å². The molecule has 1 rings (SSSR count). The van der Waals surface area contributed by atoms with Crippen molar-refractivity contribution in [3.8, 4) is 0 Å². The summed E-state index contributed by atoms with van der Waals surface area (Å²) in [4.78, 5) is 0. The topological polar surface area (TPSA) is 53.5 Å². The molecule has 0 bridgehead atoms. The van der Waals surface area contributed by atoms with E-state index < -0.39 is 11.4 Å². The van der Waals surface area contributed by atoms with Crippen LogP contribution in [-0.2, 0) is 20.7 Å². The van der Waals surface area contributed by atoms with Gasteiger partial charge in [-0.1, -0.05) is 13.8 Å². The number of hydrogen-bond acceptors (Lipinski definition) is 4. The molecule has 0 amide bonds. The molecule has 0 aromatic heterocycles. The zero-order valence-corrected chi connectivity index (χ0v) is 15.2. The Kier molecular flexibility index (Phi) is 5.31. The molecule has 1 saturated heterocycles. The summed E-state index contributed by atoms with van der Waals surface area (Å²) in [6.07, 6.45) is 0. The third-order valence-electron chi connectivity index (χ3n) is 4.08. The fourth-order valence-corrected chi connectivity index (χ4v) is 2.83. The predicted octanol–water partition coefficient (Wildman–Crippen LogP) is 2.69. The maximum Gasteiger partial charge on any atom is 0.481 e. The molecule has 1 heterocycles. The fraction of sp³-hybridized carbons (Fsp3) is 1.00. The van der Waals surface area contributed by atoms with Crippen molar-refractivity contribution >= 4 is 18.5 Å². The summed E-state index contributed by atoms with van der Waals surface area (Å²) in [7, 11) is -0.383. The van der Waals surface area contributed by atoms with E-state index in [1.165, 1.54) is 0 Å². The van der Waals surface area contributed by atoms with Crippen molar-refractivity contribution in [2.24, 2.45) is 5.92 Å². The van der Waals surface area contributed by atoms with E-state index in [1.54, 1.807) is 0 Å². The Balaban J connectivity index is 2.85. The summed E-state index contributed by atoms with van der Waals surface area (Å²) in [5.41, 5.74) is -0.731. The van der Waals surface area contributed by atoms with Crippen molar-refractivity contribution in [3.05, 3.63) is 0 Å². The summed E-state index contributed by atoms with van der Waals surface area (Å²) in [5, 5.41) is 0. The van der Waals surface area contributed by atoms with Gasteiger partial charge >= 0.3 is 7.12 Å². The van der Waals surface area contributed by atoms with Crippen molar-refractivity contribution in [1.29, 1.82) is 0 Å². The zero-order valence-electron chi connectivity index (χ0n) is 14.4. The van der Waals surface area contributed by atoms with Gasteiger partial charge in [-0.25, -0.2) is 0 Å². The summed E-state index contributed by atoms with van der Waals surface area (Å²) in [6.45, 7) is 18.2. The van der Waals surface area contributed by atoms with Crippen molar-refractivity contribution in [3.63, 3.8) is 0 Å². The molecule has 4 nitrogen and oxygen atoms in total. The van der Waals surface area contributed by atoms with Gasteiger partial charge in [-0.05, 0) is 54.4 Å². The SMILES string of the molecule is CC(C)C(N[S@+]([O-])C(C)(C)C)B1OC(C)(C)C(C)(C)O1. The van der Waals surface area contributed by atoms with E-state index >= 15 is 0 Å². The third kappa shape index (κ3) is 3.92. The van der Waals surface area contributed by atoms with Crippen LogP contribution in [0.3, 0.4) is 0 Å². The summed E-state index contributed by atoms with van der Waals surface area (Å²) >= 11 is -1.14. The Bertz CT molecular complexity index is 326. The second-order valence-corrected chi connectivity index (χ2v) is 9.89. The molecule has 0 spiro atoms. The maximum absolute atomic E-state index is 12.3. The molecule has 1 unspecified atom stereocenters. The van der Waals surface area contributed by atoms with E-state index in [2.05, 4.69) is 18.6 Å². The Morgan fingerprint density at radius 3 is 1.75 bits per heavy atom. The van der Waals surface area contributed by atoms with Crippen molar-refractivity contribution < 1.29 is 13.9 Å². The molecule has 1 aliphatic rings. The van der Waals surface area contributed by atoms with Crippen LogP contribution in [0.5, 0.6) is 0 Å². The highest BCUT2D eigenvalue weighted by Gasteiger charge is 2.55. The molecular formula is C14H30BNO3S. The smallest absolute Gasteiger partial charge is 0.481 e. The van der Waals surface area contributed by atoms with E-state index in [9.17, 15) is 4.55 Å². The Labute approximate surface area is 127 Å². The van der Waals surface area contributed by atoms with Crippen LogP contribution in [0.25, 0.3) is 0 Å². The molecule has 1 N–H and O–H groups in total. The summed E-state index contributed by atoms with van der Waals surface area (Å²) in [5.74, 6) is 0.159. The quantitative estimate of drug-likeness (QED) is 0.641.